The molecule has 104 valence electrons. The van der Waals surface area contributed by atoms with Gasteiger partial charge < -0.3 is 5.11 Å². The second-order valence-corrected chi connectivity index (χ2v) is 4.97. The number of benzene rings is 2. The minimum Gasteiger partial charge on any atom is -0.478 e. The summed E-state index contributed by atoms with van der Waals surface area (Å²) in [6.45, 7) is 0. The van der Waals surface area contributed by atoms with E-state index in [-0.39, 0.29) is 10.6 Å². The van der Waals surface area contributed by atoms with E-state index in [1.807, 2.05) is 0 Å². The summed E-state index contributed by atoms with van der Waals surface area (Å²) in [4.78, 5) is 15.8. The highest BCUT2D eigenvalue weighted by atomic mass is 35.5. The molecule has 5 heteroatoms. The smallest absolute Gasteiger partial charge is 0.336 e. The first kappa shape index (κ1) is 13.5. The molecule has 0 radical (unpaired) electrons. The van der Waals surface area contributed by atoms with Gasteiger partial charge in [-0.1, -0.05) is 29.8 Å². The van der Waals surface area contributed by atoms with Crippen LogP contribution >= 0.6 is 11.6 Å². The monoisotopic (exact) mass is 301 g/mol. The molecule has 0 spiro atoms. The second-order valence-electron chi connectivity index (χ2n) is 4.54. The van der Waals surface area contributed by atoms with E-state index in [9.17, 15) is 14.3 Å². The number of aromatic nitrogens is 1. The highest BCUT2D eigenvalue weighted by molar-refractivity contribution is 6.30. The number of halogens is 2. The minimum atomic E-state index is -1.06. The number of hydrogen-bond acceptors (Lipinski definition) is 2. The van der Waals surface area contributed by atoms with Crippen LogP contribution in [0.15, 0.2) is 48.5 Å². The fraction of sp³-hybridized carbons (Fsp3) is 0. The Morgan fingerprint density at radius 1 is 1.14 bits per heavy atom. The quantitative estimate of drug-likeness (QED) is 0.763. The minimum absolute atomic E-state index is 0.121. The zero-order valence-electron chi connectivity index (χ0n) is 10.7. The molecule has 0 aliphatic carbocycles. The van der Waals surface area contributed by atoms with Crippen LogP contribution in [-0.4, -0.2) is 16.1 Å². The van der Waals surface area contributed by atoms with Crippen molar-refractivity contribution in [3.63, 3.8) is 0 Å². The molecule has 1 N–H and O–H groups in total. The van der Waals surface area contributed by atoms with Crippen molar-refractivity contribution in [3.05, 3.63) is 64.9 Å². The molecule has 3 aromatic rings. The van der Waals surface area contributed by atoms with Gasteiger partial charge in [-0.05, 0) is 30.3 Å². The Hall–Kier alpha value is -2.46. The molecule has 3 rings (SSSR count). The van der Waals surface area contributed by atoms with E-state index in [1.165, 1.54) is 18.2 Å². The summed E-state index contributed by atoms with van der Waals surface area (Å²) in [5.41, 5.74) is 1.46. The molecule has 0 aliphatic heterocycles. The van der Waals surface area contributed by atoms with Gasteiger partial charge in [-0.15, -0.1) is 0 Å². The molecular formula is C16H9ClFNO2. The fourth-order valence-corrected chi connectivity index (χ4v) is 2.42. The van der Waals surface area contributed by atoms with Crippen molar-refractivity contribution in [3.8, 4) is 11.3 Å². The molecule has 0 saturated heterocycles. The maximum Gasteiger partial charge on any atom is 0.336 e. The maximum absolute atomic E-state index is 13.5. The van der Waals surface area contributed by atoms with Gasteiger partial charge in [0.05, 0.1) is 16.8 Å². The number of carboxylic acid groups (broad SMARTS) is 1. The lowest BCUT2D eigenvalue weighted by atomic mass is 10.0. The van der Waals surface area contributed by atoms with E-state index in [0.717, 1.165) is 0 Å². The molecule has 0 saturated carbocycles. The molecule has 21 heavy (non-hydrogen) atoms. The molecule has 0 atom stereocenters. The summed E-state index contributed by atoms with van der Waals surface area (Å²) in [7, 11) is 0. The van der Waals surface area contributed by atoms with E-state index in [4.69, 9.17) is 11.6 Å². The molecule has 0 bridgehead atoms. The Kier molecular flexibility index (Phi) is 3.31. The summed E-state index contributed by atoms with van der Waals surface area (Å²) < 4.78 is 13.5. The molecule has 2 aromatic carbocycles. The summed E-state index contributed by atoms with van der Waals surface area (Å²) >= 11 is 5.84. The van der Waals surface area contributed by atoms with E-state index in [1.54, 1.807) is 30.3 Å². The third kappa shape index (κ3) is 2.58. The fourth-order valence-electron chi connectivity index (χ4n) is 2.20. The van der Waals surface area contributed by atoms with Crippen LogP contribution in [0.1, 0.15) is 10.4 Å². The highest BCUT2D eigenvalue weighted by Crippen LogP contribution is 2.27. The SMILES string of the molecule is O=C(O)c1cc(-c2cc(F)cc(Cl)c2)nc2ccccc12. The van der Waals surface area contributed by atoms with Gasteiger partial charge in [0.2, 0.25) is 0 Å². The largest absolute Gasteiger partial charge is 0.478 e. The molecule has 3 nitrogen and oxygen atoms in total. The number of para-hydroxylation sites is 1. The first-order chi connectivity index (χ1) is 10.0. The molecule has 1 heterocycles. The van der Waals surface area contributed by atoms with Gasteiger partial charge >= 0.3 is 5.97 Å². The van der Waals surface area contributed by atoms with Crippen LogP contribution in [0.25, 0.3) is 22.2 Å². The Balaban J connectivity index is 2.30. The lowest BCUT2D eigenvalue weighted by Crippen LogP contribution is -2.00. The van der Waals surface area contributed by atoms with Crippen molar-refractivity contribution in [1.82, 2.24) is 4.98 Å². The third-order valence-corrected chi connectivity index (χ3v) is 3.32. The standard InChI is InChI=1S/C16H9ClFNO2/c17-10-5-9(6-11(18)7-10)15-8-13(16(20)21)12-3-1-2-4-14(12)19-15/h1-8H,(H,20,21). The zero-order chi connectivity index (χ0) is 15.0. The second kappa shape index (κ2) is 5.14. The van der Waals surface area contributed by atoms with Crippen LogP contribution in [0, 0.1) is 5.82 Å². The summed E-state index contributed by atoms with van der Waals surface area (Å²) in [6.07, 6.45) is 0. The molecule has 0 aliphatic rings. The van der Waals surface area contributed by atoms with Crippen LogP contribution in [-0.2, 0) is 0 Å². The Labute approximate surface area is 124 Å². The van der Waals surface area contributed by atoms with Crippen molar-refractivity contribution < 1.29 is 14.3 Å². The Morgan fingerprint density at radius 3 is 2.62 bits per heavy atom. The molecule has 1 aromatic heterocycles. The van der Waals surface area contributed by atoms with Gasteiger partial charge in [-0.25, -0.2) is 14.2 Å². The van der Waals surface area contributed by atoms with Crippen molar-refractivity contribution in [2.45, 2.75) is 0 Å². The van der Waals surface area contributed by atoms with E-state index >= 15 is 0 Å². The van der Waals surface area contributed by atoms with Crippen molar-refractivity contribution in [2.24, 2.45) is 0 Å². The number of hydrogen-bond donors (Lipinski definition) is 1. The van der Waals surface area contributed by atoms with Crippen molar-refractivity contribution >= 4 is 28.5 Å². The summed E-state index contributed by atoms with van der Waals surface area (Å²) in [5, 5.41) is 10.1. The summed E-state index contributed by atoms with van der Waals surface area (Å²) in [6, 6.07) is 12.3. The van der Waals surface area contributed by atoms with Crippen LogP contribution < -0.4 is 0 Å². The lowest BCUT2D eigenvalue weighted by Gasteiger charge is -2.07. The van der Waals surface area contributed by atoms with Crippen LogP contribution in [0.4, 0.5) is 4.39 Å². The third-order valence-electron chi connectivity index (χ3n) is 3.10. The van der Waals surface area contributed by atoms with Gasteiger partial charge in [-0.2, -0.15) is 0 Å². The molecule has 0 fully saturated rings. The molecule has 0 unspecified atom stereocenters. The van der Waals surface area contributed by atoms with E-state index < -0.39 is 11.8 Å². The first-order valence-corrected chi connectivity index (χ1v) is 6.52. The summed E-state index contributed by atoms with van der Waals surface area (Å²) in [5.74, 6) is -1.55. The topological polar surface area (TPSA) is 50.2 Å². The maximum atomic E-state index is 13.5. The zero-order valence-corrected chi connectivity index (χ0v) is 11.4. The Morgan fingerprint density at radius 2 is 1.90 bits per heavy atom. The first-order valence-electron chi connectivity index (χ1n) is 6.14. The van der Waals surface area contributed by atoms with Crippen LogP contribution in [0.2, 0.25) is 5.02 Å². The number of pyridine rings is 1. The number of carbonyl (C=O) groups is 1. The highest BCUT2D eigenvalue weighted by Gasteiger charge is 2.13. The van der Waals surface area contributed by atoms with Crippen LogP contribution in [0.3, 0.4) is 0 Å². The van der Waals surface area contributed by atoms with Gasteiger partial charge in [0, 0.05) is 16.0 Å². The number of aromatic carboxylic acids is 1. The van der Waals surface area contributed by atoms with Gasteiger partial charge in [0.1, 0.15) is 5.82 Å². The Bertz CT molecular complexity index is 844. The average Bonchev–Trinajstić information content (AvgIpc) is 2.45. The van der Waals surface area contributed by atoms with Gasteiger partial charge in [0.25, 0.3) is 0 Å². The number of fused-ring (bicyclic) bond motifs is 1. The predicted molar refractivity (Wildman–Crippen MR) is 79.1 cm³/mol. The van der Waals surface area contributed by atoms with E-state index in [0.29, 0.717) is 22.2 Å². The molecular weight excluding hydrogens is 293 g/mol. The number of rotatable bonds is 2. The van der Waals surface area contributed by atoms with Gasteiger partial charge in [-0.3, -0.25) is 0 Å². The molecule has 0 amide bonds. The predicted octanol–water partition coefficient (Wildman–Crippen LogP) is 4.39. The average molecular weight is 302 g/mol. The van der Waals surface area contributed by atoms with Crippen molar-refractivity contribution in [1.29, 1.82) is 0 Å². The van der Waals surface area contributed by atoms with Gasteiger partial charge in [0.15, 0.2) is 0 Å². The van der Waals surface area contributed by atoms with Crippen LogP contribution in [0.5, 0.6) is 0 Å². The van der Waals surface area contributed by atoms with E-state index in [2.05, 4.69) is 4.98 Å². The number of nitrogens with zero attached hydrogens (tertiary/aromatic N) is 1. The van der Waals surface area contributed by atoms with Crippen molar-refractivity contribution in [2.75, 3.05) is 0 Å². The number of carboxylic acids is 1. The lowest BCUT2D eigenvalue weighted by molar-refractivity contribution is 0.0699. The normalized spacial score (nSPS) is 10.8.